The van der Waals surface area contributed by atoms with Crippen molar-refractivity contribution in [3.63, 3.8) is 0 Å². The molecule has 9 aromatic rings. The molecule has 0 bridgehead atoms. The number of fused-ring (bicyclic) bond motifs is 4. The molecule has 0 unspecified atom stereocenters. The summed E-state index contributed by atoms with van der Waals surface area (Å²) in [5.74, 6) is 2.98. The Morgan fingerprint density at radius 1 is 0.310 bits per heavy atom. The summed E-state index contributed by atoms with van der Waals surface area (Å²) in [5, 5.41) is 0. The number of nitrogens with zero attached hydrogens (tertiary/aromatic N) is 8. The van der Waals surface area contributed by atoms with Crippen molar-refractivity contribution in [2.75, 3.05) is 79.9 Å². The second-order valence-corrected chi connectivity index (χ2v) is 25.7. The Morgan fingerprint density at radius 3 is 1.06 bits per heavy atom. The minimum atomic E-state index is -2.30. The van der Waals surface area contributed by atoms with E-state index in [-0.39, 0.29) is 17.5 Å². The first-order valence-electron chi connectivity index (χ1n) is 30.9. The molecule has 10 heteroatoms. The molecular weight excluding hydrogens is 1030 g/mol. The minimum absolute atomic E-state index is 0.143. The highest BCUT2D eigenvalue weighted by Crippen LogP contribution is 2.51. The molecule has 4 aliphatic rings. The molecule has 0 atom stereocenters. The summed E-state index contributed by atoms with van der Waals surface area (Å²) in [6.07, 6.45) is 0. The third-order valence-corrected chi connectivity index (χ3v) is 17.6. The summed E-state index contributed by atoms with van der Waals surface area (Å²) in [6, 6.07) is 60.8. The predicted octanol–water partition coefficient (Wildman–Crippen LogP) is 19.3. The highest BCUT2D eigenvalue weighted by Gasteiger charge is 2.34. The number of para-hydroxylation sites is 2. The molecular formula is C74H78N8O2. The van der Waals surface area contributed by atoms with Gasteiger partial charge in [0.25, 0.3) is 0 Å². The van der Waals surface area contributed by atoms with Gasteiger partial charge < -0.3 is 48.7 Å². The molecule has 0 spiro atoms. The van der Waals surface area contributed by atoms with Gasteiger partial charge in [0.15, 0.2) is 0 Å². The summed E-state index contributed by atoms with van der Waals surface area (Å²) >= 11 is 0. The fraction of sp³-hybridized carbons (Fsp3) is 0.270. The molecule has 10 nitrogen and oxygen atoms in total. The van der Waals surface area contributed by atoms with Gasteiger partial charge in [-0.2, -0.15) is 0 Å². The summed E-state index contributed by atoms with van der Waals surface area (Å²) in [7, 11) is 2.16. The first-order valence-corrected chi connectivity index (χ1v) is 29.4. The fourth-order valence-electron chi connectivity index (χ4n) is 12.2. The van der Waals surface area contributed by atoms with Crippen LogP contribution in [0.3, 0.4) is 0 Å². The van der Waals surface area contributed by atoms with Crippen LogP contribution in [0, 0.1) is 41.5 Å². The first kappa shape index (κ1) is 50.7. The van der Waals surface area contributed by atoms with E-state index in [1.54, 1.807) is 0 Å². The van der Waals surface area contributed by atoms with E-state index in [1.165, 1.54) is 44.1 Å². The van der Waals surface area contributed by atoms with E-state index >= 15 is 0 Å². The monoisotopic (exact) mass is 1110 g/mol. The van der Waals surface area contributed by atoms with Gasteiger partial charge in [-0.25, -0.2) is 0 Å². The van der Waals surface area contributed by atoms with Crippen molar-refractivity contribution in [2.24, 2.45) is 0 Å². The second-order valence-electron chi connectivity index (χ2n) is 25.7. The summed E-state index contributed by atoms with van der Waals surface area (Å²) in [5.41, 5.74) is 24.1. The van der Waals surface area contributed by atoms with Crippen LogP contribution in [0.1, 0.15) is 90.2 Å². The van der Waals surface area contributed by atoms with E-state index in [1.807, 2.05) is 37.3 Å². The summed E-state index contributed by atoms with van der Waals surface area (Å²) < 4.78 is 38.9. The summed E-state index contributed by atoms with van der Waals surface area (Å²) in [6.45, 7) is 26.3. The molecule has 0 fully saturated rings. The summed E-state index contributed by atoms with van der Waals surface area (Å²) in [4.78, 5) is 17.9. The Labute approximate surface area is 502 Å². The number of benzene rings is 9. The van der Waals surface area contributed by atoms with Crippen LogP contribution in [-0.4, -0.2) is 40.7 Å². The molecule has 0 saturated carbocycles. The third-order valence-electron chi connectivity index (χ3n) is 17.6. The van der Waals surface area contributed by atoms with Gasteiger partial charge in [-0.1, -0.05) is 65.8 Å². The van der Waals surface area contributed by atoms with Crippen LogP contribution >= 0.6 is 0 Å². The fourth-order valence-corrected chi connectivity index (χ4v) is 12.2. The molecule has 84 heavy (non-hydrogen) atoms. The van der Waals surface area contributed by atoms with E-state index in [0.29, 0.717) is 24.8 Å². The number of aryl methyl sites for hydroxylation is 6. The maximum atomic E-state index is 8.38. The van der Waals surface area contributed by atoms with Crippen molar-refractivity contribution in [3.05, 3.63) is 214 Å². The van der Waals surface area contributed by atoms with E-state index in [2.05, 4.69) is 257 Å². The van der Waals surface area contributed by atoms with Crippen LogP contribution in [0.5, 0.6) is 23.0 Å². The maximum Gasteiger partial charge on any atom is 0.129 e. The van der Waals surface area contributed by atoms with Crippen molar-refractivity contribution in [3.8, 4) is 23.0 Å². The zero-order valence-electron chi connectivity index (χ0n) is 53.9. The lowest BCUT2D eigenvalue weighted by atomic mass is 9.86. The van der Waals surface area contributed by atoms with E-state index in [9.17, 15) is 0 Å². The van der Waals surface area contributed by atoms with Crippen LogP contribution < -0.4 is 48.7 Å². The van der Waals surface area contributed by atoms with Gasteiger partial charge in [-0.05, 0) is 218 Å². The lowest BCUT2D eigenvalue weighted by molar-refractivity contribution is 0.478. The molecule has 0 aliphatic carbocycles. The van der Waals surface area contributed by atoms with E-state index in [0.717, 1.165) is 103 Å². The van der Waals surface area contributed by atoms with Crippen LogP contribution in [0.4, 0.5) is 79.6 Å². The topological polar surface area (TPSA) is 44.4 Å². The zero-order valence-corrected chi connectivity index (χ0v) is 50.9. The van der Waals surface area contributed by atoms with Gasteiger partial charge in [0.05, 0.1) is 58.8 Å². The average molecular weight is 1110 g/mol. The van der Waals surface area contributed by atoms with Crippen molar-refractivity contribution >= 4 is 79.6 Å². The number of anilines is 14. The maximum absolute atomic E-state index is 8.38. The van der Waals surface area contributed by atoms with Crippen LogP contribution in [0.15, 0.2) is 170 Å². The lowest BCUT2D eigenvalue weighted by Gasteiger charge is -2.27. The van der Waals surface area contributed by atoms with Gasteiger partial charge in [-0.15, -0.1) is 0 Å². The van der Waals surface area contributed by atoms with Crippen LogP contribution in [0.2, 0.25) is 0 Å². The van der Waals surface area contributed by atoms with Gasteiger partial charge >= 0.3 is 0 Å². The SMILES string of the molecule is [2H]C([2H])([2H])N1CN(c2cccc(Oc3cc(N4CN(c5ccc(N6CN(c7cc(Oc8cccc(N9CN(C)c%10cc(C)c(C)cc%109)c8)cc(C(C)(C)C)c7)c7cc(C)c(C)cc76)cc5)c5ccccc54)cc(C(C)(C)C)c3)c2)c2cc(C)c(C)cc21. The van der Waals surface area contributed by atoms with E-state index in [4.69, 9.17) is 13.6 Å². The number of hydrogen-bond donors (Lipinski definition) is 0. The molecule has 4 heterocycles. The first-order chi connectivity index (χ1) is 41.3. The van der Waals surface area contributed by atoms with Crippen LogP contribution in [-0.2, 0) is 10.8 Å². The molecule has 9 aromatic carbocycles. The number of hydrogen-bond acceptors (Lipinski definition) is 10. The van der Waals surface area contributed by atoms with Gasteiger partial charge in [-0.3, -0.25) is 0 Å². The molecule has 13 rings (SSSR count). The Kier molecular flexibility index (Phi) is 12.3. The predicted molar refractivity (Wildman–Crippen MR) is 353 cm³/mol. The Bertz CT molecular complexity index is 4180. The smallest absolute Gasteiger partial charge is 0.129 e. The highest BCUT2D eigenvalue weighted by molar-refractivity contribution is 5.91. The zero-order chi connectivity index (χ0) is 61.2. The van der Waals surface area contributed by atoms with Crippen LogP contribution in [0.25, 0.3) is 0 Å². The van der Waals surface area contributed by atoms with Gasteiger partial charge in [0.2, 0.25) is 0 Å². The number of ether oxygens (including phenoxy) is 2. The average Bonchev–Trinajstić information content (AvgIpc) is 1.88. The van der Waals surface area contributed by atoms with Crippen molar-refractivity contribution < 1.29 is 13.6 Å². The third kappa shape index (κ3) is 9.84. The van der Waals surface area contributed by atoms with Crippen molar-refractivity contribution in [2.45, 2.75) is 93.9 Å². The standard InChI is InChI=1S/C74H78N8O2/c1-47-29-67-69(31-49(47)3)77(43-75(67)13)57-19-17-21-61(39-57)83-63-37-53(73(7,8)9)35-59(41-63)81-45-79(65-23-15-16-24-66(65)81)55-25-27-56(28-26-55)80-46-82(72-34-52(6)51(5)33-71(72)80)60-36-54(74(10,11)12)38-64(42-60)84-62-22-18-20-58(40-62)78-44-76(14)68-30-48(2)50(4)32-70(68)78/h15-42H,43-46H2,1-14H3/i13D3. The molecule has 0 radical (unpaired) electrons. The number of rotatable bonds is 10. The van der Waals surface area contributed by atoms with Gasteiger partial charge in [0.1, 0.15) is 36.3 Å². The molecule has 0 N–H and O–H groups in total. The van der Waals surface area contributed by atoms with E-state index < -0.39 is 6.98 Å². The van der Waals surface area contributed by atoms with Crippen molar-refractivity contribution in [1.82, 2.24) is 0 Å². The Hall–Kier alpha value is -9.02. The second kappa shape index (κ2) is 20.4. The highest BCUT2D eigenvalue weighted by atomic mass is 16.5. The largest absolute Gasteiger partial charge is 0.457 e. The minimum Gasteiger partial charge on any atom is -0.457 e. The van der Waals surface area contributed by atoms with Crippen molar-refractivity contribution in [1.29, 1.82) is 0 Å². The normalized spacial score (nSPS) is 15.3. The lowest BCUT2D eigenvalue weighted by Crippen LogP contribution is -2.25. The molecule has 0 aromatic heterocycles. The Morgan fingerprint density at radius 2 is 0.643 bits per heavy atom. The molecule has 426 valence electrons. The Balaban J connectivity index is 0.776. The molecule has 0 amide bonds. The molecule has 0 saturated heterocycles. The van der Waals surface area contributed by atoms with Gasteiger partial charge in [0, 0.05) is 76.5 Å². The molecule has 4 aliphatic heterocycles. The quantitative estimate of drug-likeness (QED) is 0.132.